The first kappa shape index (κ1) is 23.7. The molecular formula is C28H32O6. The van der Waals surface area contributed by atoms with Gasteiger partial charge in [0.1, 0.15) is 35.0 Å². The Bertz CT molecular complexity index is 1180. The maximum absolute atomic E-state index is 13.9. The third-order valence-electron chi connectivity index (χ3n) is 6.19. The average molecular weight is 465 g/mol. The lowest BCUT2D eigenvalue weighted by atomic mass is 9.84. The minimum Gasteiger partial charge on any atom is -0.495 e. The molecule has 0 bridgehead atoms. The Labute approximate surface area is 201 Å². The smallest absolute Gasteiger partial charge is 0.181 e. The van der Waals surface area contributed by atoms with Gasteiger partial charge in [0.15, 0.2) is 17.3 Å². The van der Waals surface area contributed by atoms with Crippen molar-refractivity contribution in [3.05, 3.63) is 58.2 Å². The number of methoxy groups -OCH3 is 3. The van der Waals surface area contributed by atoms with Crippen molar-refractivity contribution in [3.63, 3.8) is 0 Å². The summed E-state index contributed by atoms with van der Waals surface area (Å²) in [7, 11) is 4.75. The van der Waals surface area contributed by atoms with Gasteiger partial charge in [0.05, 0.1) is 32.8 Å². The number of ether oxygens (including phenoxy) is 5. The summed E-state index contributed by atoms with van der Waals surface area (Å²) in [5.41, 5.74) is 3.58. The number of Topliss-reactive ketones (excluding diaryl/α,β-unsaturated/α-hetero) is 1. The topological polar surface area (TPSA) is 63.2 Å². The van der Waals surface area contributed by atoms with E-state index in [1.54, 1.807) is 27.4 Å². The van der Waals surface area contributed by atoms with Gasteiger partial charge < -0.3 is 23.7 Å². The second-order valence-corrected chi connectivity index (χ2v) is 9.33. The normalized spacial score (nSPS) is 17.6. The van der Waals surface area contributed by atoms with Crippen molar-refractivity contribution in [3.8, 4) is 28.7 Å². The van der Waals surface area contributed by atoms with Crippen LogP contribution in [-0.4, -0.2) is 39.3 Å². The Hall–Kier alpha value is -3.41. The Morgan fingerprint density at radius 3 is 2.47 bits per heavy atom. The summed E-state index contributed by atoms with van der Waals surface area (Å²) < 4.78 is 29.3. The predicted octanol–water partition coefficient (Wildman–Crippen LogP) is 5.76. The molecule has 2 heterocycles. The zero-order chi connectivity index (χ0) is 24.6. The van der Waals surface area contributed by atoms with Crippen molar-refractivity contribution in [1.29, 1.82) is 0 Å². The van der Waals surface area contributed by atoms with Crippen molar-refractivity contribution in [2.75, 3.05) is 27.9 Å². The molecule has 2 aliphatic heterocycles. The molecule has 0 amide bonds. The zero-order valence-corrected chi connectivity index (χ0v) is 20.9. The summed E-state index contributed by atoms with van der Waals surface area (Å²) in [6.45, 7) is 8.30. The molecule has 2 aromatic carbocycles. The van der Waals surface area contributed by atoms with Gasteiger partial charge in [-0.15, -0.1) is 0 Å². The molecule has 4 rings (SSSR count). The Kier molecular flexibility index (Phi) is 6.34. The van der Waals surface area contributed by atoms with Crippen molar-refractivity contribution in [2.45, 2.75) is 45.6 Å². The van der Waals surface area contributed by atoms with Gasteiger partial charge in [-0.2, -0.15) is 0 Å². The molecule has 0 aliphatic carbocycles. The third-order valence-corrected chi connectivity index (χ3v) is 6.19. The Balaban J connectivity index is 1.89. The first-order valence-electron chi connectivity index (χ1n) is 11.4. The molecule has 180 valence electrons. The number of allylic oxidation sites excluding steroid dienone is 2. The van der Waals surface area contributed by atoms with Gasteiger partial charge in [0, 0.05) is 5.56 Å². The van der Waals surface area contributed by atoms with Gasteiger partial charge in [-0.25, -0.2) is 0 Å². The molecule has 6 nitrogen and oxygen atoms in total. The second kappa shape index (κ2) is 9.09. The number of hydrogen-bond donors (Lipinski definition) is 0. The van der Waals surface area contributed by atoms with Crippen molar-refractivity contribution in [2.24, 2.45) is 0 Å². The van der Waals surface area contributed by atoms with Gasteiger partial charge in [0.25, 0.3) is 0 Å². The highest BCUT2D eigenvalue weighted by Crippen LogP contribution is 2.51. The minimum atomic E-state index is -0.500. The average Bonchev–Trinajstić information content (AvgIpc) is 2.81. The highest BCUT2D eigenvalue weighted by molar-refractivity contribution is 6.08. The molecule has 0 aromatic heterocycles. The summed E-state index contributed by atoms with van der Waals surface area (Å²) in [4.78, 5) is 13.9. The van der Waals surface area contributed by atoms with Crippen molar-refractivity contribution >= 4 is 11.9 Å². The van der Waals surface area contributed by atoms with Crippen LogP contribution >= 0.6 is 0 Å². The second-order valence-electron chi connectivity index (χ2n) is 9.33. The summed E-state index contributed by atoms with van der Waals surface area (Å²) in [5.74, 6) is 2.35. The van der Waals surface area contributed by atoms with Crippen LogP contribution in [0.5, 0.6) is 28.7 Å². The molecule has 1 unspecified atom stereocenters. The summed E-state index contributed by atoms with van der Waals surface area (Å²) in [6, 6.07) is 5.51. The molecule has 2 aromatic rings. The van der Waals surface area contributed by atoms with E-state index in [1.165, 1.54) is 5.57 Å². The third kappa shape index (κ3) is 4.13. The first-order chi connectivity index (χ1) is 16.2. The molecule has 0 fully saturated rings. The van der Waals surface area contributed by atoms with Crippen molar-refractivity contribution in [1.82, 2.24) is 0 Å². The van der Waals surface area contributed by atoms with Gasteiger partial charge >= 0.3 is 0 Å². The maximum atomic E-state index is 13.9. The Morgan fingerprint density at radius 2 is 1.82 bits per heavy atom. The Morgan fingerprint density at radius 1 is 1.09 bits per heavy atom. The van der Waals surface area contributed by atoms with Crippen LogP contribution in [-0.2, 0) is 6.42 Å². The van der Waals surface area contributed by atoms with Gasteiger partial charge in [-0.1, -0.05) is 17.7 Å². The van der Waals surface area contributed by atoms with Gasteiger partial charge in [0.2, 0.25) is 0 Å². The number of benzene rings is 2. The quantitative estimate of drug-likeness (QED) is 0.506. The fourth-order valence-electron chi connectivity index (χ4n) is 4.43. The molecule has 2 aliphatic rings. The minimum absolute atomic E-state index is 0.0511. The van der Waals surface area contributed by atoms with Crippen LogP contribution in [0, 0.1) is 0 Å². The molecule has 1 atom stereocenters. The van der Waals surface area contributed by atoms with Crippen LogP contribution in [0.2, 0.25) is 0 Å². The largest absolute Gasteiger partial charge is 0.495 e. The van der Waals surface area contributed by atoms with E-state index >= 15 is 0 Å². The molecule has 0 saturated heterocycles. The van der Waals surface area contributed by atoms with E-state index in [0.29, 0.717) is 40.7 Å². The first-order valence-corrected chi connectivity index (χ1v) is 11.4. The van der Waals surface area contributed by atoms with E-state index < -0.39 is 11.5 Å². The van der Waals surface area contributed by atoms with E-state index in [9.17, 15) is 4.79 Å². The van der Waals surface area contributed by atoms with E-state index in [4.69, 9.17) is 23.7 Å². The van der Waals surface area contributed by atoms with Crippen LogP contribution < -0.4 is 23.7 Å². The number of ketones is 1. The number of carbonyl (C=O) groups is 1. The van der Waals surface area contributed by atoms with E-state index in [1.807, 2.05) is 52.0 Å². The lowest BCUT2D eigenvalue weighted by Crippen LogP contribution is -2.31. The van der Waals surface area contributed by atoms with E-state index in [2.05, 4.69) is 6.08 Å². The summed E-state index contributed by atoms with van der Waals surface area (Å²) >= 11 is 0. The number of carbonyl (C=O) groups excluding carboxylic acids is 1. The molecule has 0 N–H and O–H groups in total. The fraction of sp³-hybridized carbons (Fsp3) is 0.393. The van der Waals surface area contributed by atoms with Crippen LogP contribution in [0.1, 0.15) is 60.7 Å². The molecule has 0 radical (unpaired) electrons. The molecule has 0 saturated carbocycles. The molecular weight excluding hydrogens is 432 g/mol. The number of hydrogen-bond acceptors (Lipinski definition) is 6. The zero-order valence-electron chi connectivity index (χ0n) is 20.9. The van der Waals surface area contributed by atoms with Gasteiger partial charge in [-0.3, -0.25) is 4.79 Å². The van der Waals surface area contributed by atoms with Crippen LogP contribution in [0.25, 0.3) is 6.08 Å². The standard InChI is InChI=1S/C28H32O6/c1-16(2)8-10-18-25-19(12-13-28(3,4)34-25)27-23(26(18)32-7)24(29)20(15-33-27)17-9-11-21(30-5)22(14-17)31-6/h8-9,11-14,20H,10,15H2,1-7H3. The fourth-order valence-corrected chi connectivity index (χ4v) is 4.43. The van der Waals surface area contributed by atoms with Crippen LogP contribution in [0.15, 0.2) is 35.9 Å². The lowest BCUT2D eigenvalue weighted by molar-refractivity contribution is 0.0889. The highest BCUT2D eigenvalue weighted by atomic mass is 16.5. The molecule has 6 heteroatoms. The summed E-state index contributed by atoms with van der Waals surface area (Å²) in [5, 5.41) is 0. The highest BCUT2D eigenvalue weighted by Gasteiger charge is 2.39. The monoisotopic (exact) mass is 464 g/mol. The lowest BCUT2D eigenvalue weighted by Gasteiger charge is -2.34. The van der Waals surface area contributed by atoms with E-state index in [0.717, 1.165) is 16.7 Å². The number of rotatable bonds is 6. The van der Waals surface area contributed by atoms with Crippen molar-refractivity contribution < 1.29 is 28.5 Å². The SMILES string of the molecule is COc1ccc(C2COc3c4c(c(CC=C(C)C)c(OC)c3C2=O)OC(C)(C)C=C4)cc1OC. The number of fused-ring (bicyclic) bond motifs is 3. The molecule has 34 heavy (non-hydrogen) atoms. The predicted molar refractivity (Wildman–Crippen MR) is 132 cm³/mol. The molecule has 0 spiro atoms. The summed E-state index contributed by atoms with van der Waals surface area (Å²) in [6.07, 6.45) is 6.67. The maximum Gasteiger partial charge on any atom is 0.181 e. The van der Waals surface area contributed by atoms with Gasteiger partial charge in [-0.05, 0) is 64.0 Å². The van der Waals surface area contributed by atoms with Crippen LogP contribution in [0.3, 0.4) is 0 Å². The van der Waals surface area contributed by atoms with Crippen LogP contribution in [0.4, 0.5) is 0 Å². The van der Waals surface area contributed by atoms with E-state index in [-0.39, 0.29) is 12.4 Å².